The fraction of sp³-hybridized carbons (Fsp3) is 0.348. The molecule has 10 heteroatoms. The van der Waals surface area contributed by atoms with E-state index >= 15 is 0 Å². The number of likely N-dealkylation sites (tertiary alicyclic amines) is 1. The number of pyridine rings is 1. The van der Waals surface area contributed by atoms with Crippen LogP contribution in [0.1, 0.15) is 34.5 Å². The first-order valence-electron chi connectivity index (χ1n) is 10.6. The predicted molar refractivity (Wildman–Crippen MR) is 113 cm³/mol. The second kappa shape index (κ2) is 7.86. The number of aryl methyl sites for hydroxylation is 1. The number of rotatable bonds is 4. The van der Waals surface area contributed by atoms with E-state index in [-0.39, 0.29) is 35.0 Å². The Labute approximate surface area is 187 Å². The van der Waals surface area contributed by atoms with Gasteiger partial charge in [-0.15, -0.1) is 0 Å². The van der Waals surface area contributed by atoms with Gasteiger partial charge in [0, 0.05) is 24.5 Å². The Morgan fingerprint density at radius 3 is 2.67 bits per heavy atom. The highest BCUT2D eigenvalue weighted by Gasteiger charge is 2.47. The number of alkyl halides is 3. The van der Waals surface area contributed by atoms with Gasteiger partial charge in [-0.25, -0.2) is 9.37 Å². The van der Waals surface area contributed by atoms with Crippen LogP contribution in [0.15, 0.2) is 42.6 Å². The van der Waals surface area contributed by atoms with Crippen LogP contribution >= 0.6 is 0 Å². The first-order chi connectivity index (χ1) is 15.7. The van der Waals surface area contributed by atoms with Gasteiger partial charge in [0.2, 0.25) is 0 Å². The summed E-state index contributed by atoms with van der Waals surface area (Å²) in [4.78, 5) is 19.1. The van der Waals surface area contributed by atoms with Crippen LogP contribution in [-0.4, -0.2) is 44.6 Å². The van der Waals surface area contributed by atoms with Crippen LogP contribution in [0.25, 0.3) is 11.3 Å². The summed E-state index contributed by atoms with van der Waals surface area (Å²) in [6, 6.07) is 8.05. The Kier molecular flexibility index (Phi) is 5.10. The largest absolute Gasteiger partial charge is 0.417 e. The molecule has 1 amide bonds. The summed E-state index contributed by atoms with van der Waals surface area (Å²) in [5, 5.41) is 10.1. The number of aromatic amines is 1. The molecule has 3 atom stereocenters. The lowest BCUT2D eigenvalue weighted by molar-refractivity contribution is -0.137. The number of fused-ring (bicyclic) bond motifs is 2. The average Bonchev–Trinajstić information content (AvgIpc) is 3.48. The molecule has 1 aliphatic heterocycles. The molecule has 1 aliphatic carbocycles. The maximum absolute atomic E-state index is 14.7. The third-order valence-corrected chi connectivity index (χ3v) is 6.37. The summed E-state index contributed by atoms with van der Waals surface area (Å²) in [6.07, 6.45) is -2.10. The molecule has 1 saturated carbocycles. The van der Waals surface area contributed by atoms with Crippen LogP contribution in [0.2, 0.25) is 0 Å². The standard InChI is InChI=1S/C23H21F4N5O/c1-12-7-18(31-30-12)21-15(3-2-4-16(21)24)22(33)32-11-13-8-17(19(32)9-13)29-20-6-5-14(10-28-20)23(25,26)27/h2-7,10,13,17,19H,8-9,11H2,1H3,(H,28,29)(H,30,31)/t13-,17+,19-/m0/s1. The molecule has 3 aromatic rings. The Balaban J connectivity index is 1.38. The topological polar surface area (TPSA) is 73.9 Å². The number of halogens is 4. The van der Waals surface area contributed by atoms with E-state index in [0.29, 0.717) is 18.1 Å². The number of carbonyl (C=O) groups is 1. The Morgan fingerprint density at radius 1 is 1.21 bits per heavy atom. The van der Waals surface area contributed by atoms with Gasteiger partial charge in [0.05, 0.1) is 28.4 Å². The van der Waals surface area contributed by atoms with E-state index in [2.05, 4.69) is 20.5 Å². The molecule has 5 rings (SSSR count). The number of anilines is 1. The fourth-order valence-corrected chi connectivity index (χ4v) is 4.91. The van der Waals surface area contributed by atoms with Gasteiger partial charge in [-0.3, -0.25) is 9.89 Å². The molecule has 0 unspecified atom stereocenters. The molecular weight excluding hydrogens is 438 g/mol. The summed E-state index contributed by atoms with van der Waals surface area (Å²) in [6.45, 7) is 2.35. The summed E-state index contributed by atoms with van der Waals surface area (Å²) in [5.41, 5.74) is 0.691. The molecule has 172 valence electrons. The van der Waals surface area contributed by atoms with E-state index in [9.17, 15) is 22.4 Å². The van der Waals surface area contributed by atoms with Crippen LogP contribution in [-0.2, 0) is 6.18 Å². The maximum atomic E-state index is 14.7. The number of nitrogens with one attached hydrogen (secondary N) is 2. The fourth-order valence-electron chi connectivity index (χ4n) is 4.91. The van der Waals surface area contributed by atoms with Gasteiger partial charge in [0.1, 0.15) is 11.6 Å². The first kappa shape index (κ1) is 21.4. The van der Waals surface area contributed by atoms with E-state index in [0.717, 1.165) is 30.8 Å². The zero-order chi connectivity index (χ0) is 23.3. The number of aromatic nitrogens is 3. The van der Waals surface area contributed by atoms with Crippen molar-refractivity contribution in [1.82, 2.24) is 20.1 Å². The van der Waals surface area contributed by atoms with E-state index in [1.165, 1.54) is 18.2 Å². The zero-order valence-corrected chi connectivity index (χ0v) is 17.7. The molecule has 1 saturated heterocycles. The Hall–Kier alpha value is -3.43. The molecular formula is C23H21F4N5O. The minimum Gasteiger partial charge on any atom is -0.365 e. The normalized spacial score (nSPS) is 22.1. The third kappa shape index (κ3) is 3.94. The van der Waals surface area contributed by atoms with Crippen molar-refractivity contribution in [3.05, 3.63) is 65.2 Å². The van der Waals surface area contributed by atoms with Crippen LogP contribution < -0.4 is 5.32 Å². The van der Waals surface area contributed by atoms with Gasteiger partial charge in [0.25, 0.3) is 5.91 Å². The van der Waals surface area contributed by atoms with Gasteiger partial charge < -0.3 is 10.2 Å². The predicted octanol–water partition coefficient (Wildman–Crippen LogP) is 4.65. The number of carbonyl (C=O) groups excluding carboxylic acids is 1. The summed E-state index contributed by atoms with van der Waals surface area (Å²) >= 11 is 0. The molecule has 0 spiro atoms. The highest BCUT2D eigenvalue weighted by atomic mass is 19.4. The Morgan fingerprint density at radius 2 is 2.03 bits per heavy atom. The van der Waals surface area contributed by atoms with Gasteiger partial charge in [0.15, 0.2) is 0 Å². The molecule has 1 aromatic carbocycles. The highest BCUT2D eigenvalue weighted by Crippen LogP contribution is 2.41. The number of hydrogen-bond acceptors (Lipinski definition) is 4. The highest BCUT2D eigenvalue weighted by molar-refractivity contribution is 6.01. The van der Waals surface area contributed by atoms with Crippen molar-refractivity contribution in [2.24, 2.45) is 5.92 Å². The molecule has 3 heterocycles. The molecule has 2 N–H and O–H groups in total. The van der Waals surface area contributed by atoms with Crippen molar-refractivity contribution in [3.63, 3.8) is 0 Å². The summed E-state index contributed by atoms with van der Waals surface area (Å²) in [7, 11) is 0. The van der Waals surface area contributed by atoms with E-state index < -0.39 is 17.6 Å². The molecule has 2 bridgehead atoms. The lowest BCUT2D eigenvalue weighted by Crippen LogP contribution is -2.47. The molecule has 6 nitrogen and oxygen atoms in total. The lowest BCUT2D eigenvalue weighted by Gasteiger charge is -2.34. The molecule has 33 heavy (non-hydrogen) atoms. The van der Waals surface area contributed by atoms with Crippen LogP contribution in [0.4, 0.5) is 23.4 Å². The molecule has 2 aliphatic rings. The van der Waals surface area contributed by atoms with E-state index in [4.69, 9.17) is 0 Å². The van der Waals surface area contributed by atoms with Crippen molar-refractivity contribution in [2.75, 3.05) is 11.9 Å². The van der Waals surface area contributed by atoms with Crippen LogP contribution in [0.3, 0.4) is 0 Å². The molecule has 2 aromatic heterocycles. The molecule has 0 radical (unpaired) electrons. The zero-order valence-electron chi connectivity index (χ0n) is 17.7. The summed E-state index contributed by atoms with van der Waals surface area (Å²) in [5.74, 6) is -0.230. The minimum atomic E-state index is -4.45. The first-order valence-corrected chi connectivity index (χ1v) is 10.6. The second-order valence-electron chi connectivity index (χ2n) is 8.64. The van der Waals surface area contributed by atoms with Crippen LogP contribution in [0, 0.1) is 18.7 Å². The Bertz CT molecular complexity index is 1190. The SMILES string of the molecule is Cc1cc(-c2c(F)cccc2C(=O)N2C[C@H]3C[C@@H](Nc4ccc(C(F)(F)F)cn4)[C@@H]2C3)n[nH]1. The van der Waals surface area contributed by atoms with Gasteiger partial charge in [-0.2, -0.15) is 18.3 Å². The van der Waals surface area contributed by atoms with E-state index in [1.54, 1.807) is 24.0 Å². The van der Waals surface area contributed by atoms with Crippen molar-refractivity contribution >= 4 is 11.7 Å². The molecule has 2 fully saturated rings. The lowest BCUT2D eigenvalue weighted by atomic mass is 10.00. The van der Waals surface area contributed by atoms with E-state index in [1.807, 2.05) is 0 Å². The van der Waals surface area contributed by atoms with Crippen molar-refractivity contribution < 1.29 is 22.4 Å². The van der Waals surface area contributed by atoms with Crippen molar-refractivity contribution in [2.45, 2.75) is 38.0 Å². The third-order valence-electron chi connectivity index (χ3n) is 6.37. The van der Waals surface area contributed by atoms with Gasteiger partial charge in [-0.1, -0.05) is 6.07 Å². The monoisotopic (exact) mass is 459 g/mol. The van der Waals surface area contributed by atoms with Gasteiger partial charge in [-0.05, 0) is 56.0 Å². The minimum absolute atomic E-state index is 0.151. The number of amides is 1. The summed E-state index contributed by atoms with van der Waals surface area (Å²) < 4.78 is 53.1. The number of piperidine rings is 1. The van der Waals surface area contributed by atoms with Crippen molar-refractivity contribution in [1.29, 1.82) is 0 Å². The van der Waals surface area contributed by atoms with Crippen molar-refractivity contribution in [3.8, 4) is 11.3 Å². The second-order valence-corrected chi connectivity index (χ2v) is 8.64. The maximum Gasteiger partial charge on any atom is 0.417 e. The van der Waals surface area contributed by atoms with Gasteiger partial charge >= 0.3 is 6.18 Å². The number of H-pyrrole nitrogens is 1. The smallest absolute Gasteiger partial charge is 0.365 e. The number of benzene rings is 1. The quantitative estimate of drug-likeness (QED) is 0.557. The van der Waals surface area contributed by atoms with Crippen LogP contribution in [0.5, 0.6) is 0 Å². The number of hydrogen-bond donors (Lipinski definition) is 2. The average molecular weight is 459 g/mol. The number of nitrogens with zero attached hydrogens (tertiary/aromatic N) is 3.